The van der Waals surface area contributed by atoms with Crippen LogP contribution >= 0.6 is 0 Å². The van der Waals surface area contributed by atoms with Crippen LogP contribution in [0.4, 0.5) is 0 Å². The molecule has 0 aromatic carbocycles. The number of rotatable bonds is 13. The van der Waals surface area contributed by atoms with Crippen LogP contribution in [0.15, 0.2) is 0 Å². The Kier molecular flexibility index (Phi) is 9.84. The molecule has 0 aromatic rings. The zero-order valence-corrected chi connectivity index (χ0v) is 17.7. The molecule has 1 spiro atoms. The Bertz CT molecular complexity index is 311. The van der Waals surface area contributed by atoms with Gasteiger partial charge in [-0.15, -0.1) is 0 Å². The second-order valence-electron chi connectivity index (χ2n) is 9.27. The molecule has 2 heterocycles. The van der Waals surface area contributed by atoms with E-state index in [1.54, 1.807) is 0 Å². The second kappa shape index (κ2) is 11.6. The highest BCUT2D eigenvalue weighted by Gasteiger charge is 2.43. The largest absolute Gasteiger partial charge is 0.305 e. The molecule has 2 saturated heterocycles. The Morgan fingerprint density at radius 2 is 1.20 bits per heavy atom. The summed E-state index contributed by atoms with van der Waals surface area (Å²) in [4.78, 5) is 5.40. The maximum atomic E-state index is 2.89. The summed E-state index contributed by atoms with van der Waals surface area (Å²) in [7, 11) is 2.28. The summed E-state index contributed by atoms with van der Waals surface area (Å²) in [5.74, 6) is 0. The van der Waals surface area contributed by atoms with E-state index in [4.69, 9.17) is 0 Å². The van der Waals surface area contributed by atoms with Gasteiger partial charge in [0.1, 0.15) is 0 Å². The molecule has 0 saturated carbocycles. The third-order valence-electron chi connectivity index (χ3n) is 6.87. The smallest absolute Gasteiger partial charge is 0.00952 e. The first-order valence-electron chi connectivity index (χ1n) is 11.6. The van der Waals surface area contributed by atoms with Gasteiger partial charge in [0.05, 0.1) is 0 Å². The third-order valence-corrected chi connectivity index (χ3v) is 6.87. The van der Waals surface area contributed by atoms with Crippen molar-refractivity contribution in [2.45, 2.75) is 110 Å². The molecule has 0 atom stereocenters. The number of piperidine rings is 1. The predicted molar refractivity (Wildman–Crippen MR) is 111 cm³/mol. The third kappa shape index (κ3) is 7.21. The van der Waals surface area contributed by atoms with Crippen LogP contribution in [-0.2, 0) is 0 Å². The van der Waals surface area contributed by atoms with Gasteiger partial charge in [-0.05, 0) is 51.2 Å². The van der Waals surface area contributed by atoms with E-state index in [1.807, 2.05) is 0 Å². The minimum atomic E-state index is 0.706. The zero-order valence-electron chi connectivity index (χ0n) is 17.7. The van der Waals surface area contributed by atoms with Crippen molar-refractivity contribution in [1.29, 1.82) is 0 Å². The molecule has 2 rings (SSSR count). The first-order chi connectivity index (χ1) is 12.2. The number of hydrogen-bond acceptors (Lipinski definition) is 2. The Morgan fingerprint density at radius 1 is 0.720 bits per heavy atom. The first kappa shape index (κ1) is 21.2. The lowest BCUT2D eigenvalue weighted by atomic mass is 9.72. The average molecular weight is 351 g/mol. The van der Waals surface area contributed by atoms with Gasteiger partial charge in [-0.2, -0.15) is 0 Å². The lowest BCUT2D eigenvalue weighted by Gasteiger charge is -2.54. The first-order valence-corrected chi connectivity index (χ1v) is 11.6. The molecule has 2 nitrogen and oxygen atoms in total. The number of hydrogen-bond donors (Lipinski definition) is 0. The Labute approximate surface area is 158 Å². The summed E-state index contributed by atoms with van der Waals surface area (Å²) in [6.45, 7) is 10.1. The lowest BCUT2D eigenvalue weighted by Crippen LogP contribution is -2.59. The molecule has 25 heavy (non-hydrogen) atoms. The number of unbranched alkanes of at least 4 members (excludes halogenated alkanes) is 8. The van der Waals surface area contributed by atoms with Crippen molar-refractivity contribution in [2.75, 3.05) is 33.2 Å². The SMILES string of the molecule is CCCCCCCC(CCCCCCC)N1CCC2(CC1)CN(C)C2. The molecule has 2 heteroatoms. The van der Waals surface area contributed by atoms with Gasteiger partial charge in [-0.3, -0.25) is 0 Å². The van der Waals surface area contributed by atoms with Gasteiger partial charge in [-0.1, -0.05) is 78.1 Å². The topological polar surface area (TPSA) is 6.48 Å². The van der Waals surface area contributed by atoms with Crippen molar-refractivity contribution in [3.63, 3.8) is 0 Å². The number of likely N-dealkylation sites (tertiary alicyclic amines) is 2. The van der Waals surface area contributed by atoms with E-state index in [0.717, 1.165) is 6.04 Å². The van der Waals surface area contributed by atoms with Gasteiger partial charge in [0.15, 0.2) is 0 Å². The van der Waals surface area contributed by atoms with E-state index < -0.39 is 0 Å². The van der Waals surface area contributed by atoms with Crippen LogP contribution in [0.3, 0.4) is 0 Å². The molecule has 0 amide bonds. The van der Waals surface area contributed by atoms with Gasteiger partial charge in [0.25, 0.3) is 0 Å². The summed E-state index contributed by atoms with van der Waals surface area (Å²) in [6.07, 6.45) is 20.2. The molecular formula is C23H46N2. The second-order valence-corrected chi connectivity index (χ2v) is 9.27. The minimum absolute atomic E-state index is 0.706. The summed E-state index contributed by atoms with van der Waals surface area (Å²) in [5.41, 5.74) is 0.706. The Hall–Kier alpha value is -0.0800. The van der Waals surface area contributed by atoms with Crippen molar-refractivity contribution < 1.29 is 0 Å². The summed E-state index contributed by atoms with van der Waals surface area (Å²) in [5, 5.41) is 0. The van der Waals surface area contributed by atoms with Crippen molar-refractivity contribution >= 4 is 0 Å². The minimum Gasteiger partial charge on any atom is -0.305 e. The fraction of sp³-hybridized carbons (Fsp3) is 1.00. The monoisotopic (exact) mass is 350 g/mol. The normalized spacial score (nSPS) is 21.1. The van der Waals surface area contributed by atoms with Crippen molar-refractivity contribution in [1.82, 2.24) is 9.80 Å². The standard InChI is InChI=1S/C23H46N2/c1-4-6-8-10-12-14-22(15-13-11-9-7-5-2)25-18-16-23(17-19-25)20-24(3)21-23/h22H,4-21H2,1-3H3. The quantitative estimate of drug-likeness (QED) is 0.370. The van der Waals surface area contributed by atoms with Crippen LogP contribution in [0.5, 0.6) is 0 Å². The Balaban J connectivity index is 1.71. The molecular weight excluding hydrogens is 304 g/mol. The van der Waals surface area contributed by atoms with Crippen LogP contribution in [0.1, 0.15) is 104 Å². The van der Waals surface area contributed by atoms with E-state index in [-0.39, 0.29) is 0 Å². The maximum Gasteiger partial charge on any atom is 0.00952 e. The molecule has 0 unspecified atom stereocenters. The number of nitrogens with zero attached hydrogens (tertiary/aromatic N) is 2. The van der Waals surface area contributed by atoms with E-state index in [9.17, 15) is 0 Å². The van der Waals surface area contributed by atoms with E-state index in [0.29, 0.717) is 5.41 Å². The lowest BCUT2D eigenvalue weighted by molar-refractivity contribution is -0.0418. The molecule has 2 aliphatic rings. The average Bonchev–Trinajstić information content (AvgIpc) is 2.59. The van der Waals surface area contributed by atoms with Gasteiger partial charge in [-0.25, -0.2) is 0 Å². The Morgan fingerprint density at radius 3 is 1.64 bits per heavy atom. The van der Waals surface area contributed by atoms with Crippen molar-refractivity contribution in [3.8, 4) is 0 Å². The highest BCUT2D eigenvalue weighted by molar-refractivity contribution is 4.97. The summed E-state index contributed by atoms with van der Waals surface area (Å²) < 4.78 is 0. The molecule has 0 aromatic heterocycles. The highest BCUT2D eigenvalue weighted by Crippen LogP contribution is 2.40. The molecule has 2 fully saturated rings. The van der Waals surface area contributed by atoms with Gasteiger partial charge in [0, 0.05) is 19.1 Å². The molecule has 0 aliphatic carbocycles. The van der Waals surface area contributed by atoms with Crippen LogP contribution in [0.2, 0.25) is 0 Å². The maximum absolute atomic E-state index is 2.89. The molecule has 0 N–H and O–H groups in total. The summed E-state index contributed by atoms with van der Waals surface area (Å²) in [6, 6.07) is 0.887. The molecule has 0 bridgehead atoms. The van der Waals surface area contributed by atoms with E-state index >= 15 is 0 Å². The van der Waals surface area contributed by atoms with E-state index in [2.05, 4.69) is 30.7 Å². The van der Waals surface area contributed by atoms with Crippen LogP contribution in [-0.4, -0.2) is 49.1 Å². The highest BCUT2D eigenvalue weighted by atomic mass is 15.2. The van der Waals surface area contributed by atoms with Gasteiger partial charge in [0.2, 0.25) is 0 Å². The zero-order chi connectivity index (χ0) is 18.0. The van der Waals surface area contributed by atoms with Crippen LogP contribution in [0, 0.1) is 5.41 Å². The van der Waals surface area contributed by atoms with E-state index in [1.165, 1.54) is 116 Å². The van der Waals surface area contributed by atoms with Gasteiger partial charge < -0.3 is 9.80 Å². The summed E-state index contributed by atoms with van der Waals surface area (Å²) >= 11 is 0. The molecule has 0 radical (unpaired) electrons. The van der Waals surface area contributed by atoms with Crippen molar-refractivity contribution in [2.24, 2.45) is 5.41 Å². The van der Waals surface area contributed by atoms with Crippen LogP contribution in [0.25, 0.3) is 0 Å². The molecule has 2 aliphatic heterocycles. The van der Waals surface area contributed by atoms with Crippen molar-refractivity contribution in [3.05, 3.63) is 0 Å². The molecule has 148 valence electrons. The fourth-order valence-corrected chi connectivity index (χ4v) is 5.26. The van der Waals surface area contributed by atoms with Gasteiger partial charge >= 0.3 is 0 Å². The predicted octanol–water partition coefficient (Wildman–Crippen LogP) is 6.10. The fourth-order valence-electron chi connectivity index (χ4n) is 5.26. The van der Waals surface area contributed by atoms with Crippen LogP contribution < -0.4 is 0 Å².